The van der Waals surface area contributed by atoms with Crippen molar-refractivity contribution in [2.75, 3.05) is 53.9 Å². The van der Waals surface area contributed by atoms with E-state index in [4.69, 9.17) is 28.4 Å². The van der Waals surface area contributed by atoms with Crippen LogP contribution in [0.4, 0.5) is 0 Å². The van der Waals surface area contributed by atoms with Crippen molar-refractivity contribution in [1.29, 1.82) is 0 Å². The second kappa shape index (κ2) is 13.7. The van der Waals surface area contributed by atoms with E-state index in [0.29, 0.717) is 33.0 Å². The summed E-state index contributed by atoms with van der Waals surface area (Å²) >= 11 is 0. The van der Waals surface area contributed by atoms with Crippen LogP contribution < -0.4 is 9.47 Å². The molecule has 1 atom stereocenters. The molecule has 0 aliphatic carbocycles. The zero-order chi connectivity index (χ0) is 22.5. The molecule has 9 nitrogen and oxygen atoms in total. The fourth-order valence-electron chi connectivity index (χ4n) is 2.56. The standard InChI is InChI=1S/C22H30O9/c1-26-18-5-3-16(4-6-18)15-30-10-9-28-7-8-29-11-12-31-20-14-17(22(25)27-2)13-19(23)21(20)24/h3-6,13-14,22-25H,7-12,15H2,1-2H3. The third kappa shape index (κ3) is 8.60. The summed E-state index contributed by atoms with van der Waals surface area (Å²) in [6, 6.07) is 10.3. The van der Waals surface area contributed by atoms with Gasteiger partial charge in [0.2, 0.25) is 5.75 Å². The fourth-order valence-corrected chi connectivity index (χ4v) is 2.56. The van der Waals surface area contributed by atoms with E-state index in [1.807, 2.05) is 24.3 Å². The molecule has 0 amide bonds. The fraction of sp³-hybridized carbons (Fsp3) is 0.455. The summed E-state index contributed by atoms with van der Waals surface area (Å²) in [7, 11) is 2.95. The Morgan fingerprint density at radius 1 is 0.806 bits per heavy atom. The first-order chi connectivity index (χ1) is 15.0. The third-order valence-corrected chi connectivity index (χ3v) is 4.24. The van der Waals surface area contributed by atoms with Gasteiger partial charge in [-0.25, -0.2) is 0 Å². The molecule has 0 aromatic heterocycles. The first-order valence-electron chi connectivity index (χ1n) is 9.80. The van der Waals surface area contributed by atoms with Crippen molar-refractivity contribution in [3.8, 4) is 23.0 Å². The van der Waals surface area contributed by atoms with Crippen LogP contribution in [0.1, 0.15) is 17.4 Å². The van der Waals surface area contributed by atoms with Crippen molar-refractivity contribution in [3.05, 3.63) is 47.5 Å². The number of aliphatic hydroxyl groups is 1. The molecule has 0 heterocycles. The van der Waals surface area contributed by atoms with Gasteiger partial charge in [0, 0.05) is 12.7 Å². The smallest absolute Gasteiger partial charge is 0.200 e. The molecule has 0 saturated heterocycles. The van der Waals surface area contributed by atoms with Crippen LogP contribution in [0.2, 0.25) is 0 Å². The molecule has 9 heteroatoms. The summed E-state index contributed by atoms with van der Waals surface area (Å²) in [5.41, 5.74) is 1.32. The van der Waals surface area contributed by atoms with Gasteiger partial charge in [0.05, 0.1) is 46.8 Å². The quantitative estimate of drug-likeness (QED) is 0.219. The van der Waals surface area contributed by atoms with E-state index in [-0.39, 0.29) is 24.5 Å². The largest absolute Gasteiger partial charge is 0.504 e. The lowest BCUT2D eigenvalue weighted by Gasteiger charge is -2.14. The number of phenols is 2. The molecule has 0 saturated carbocycles. The minimum Gasteiger partial charge on any atom is -0.504 e. The van der Waals surface area contributed by atoms with Gasteiger partial charge in [-0.05, 0) is 29.8 Å². The highest BCUT2D eigenvalue weighted by atomic mass is 16.6. The minimum absolute atomic E-state index is 0.0277. The van der Waals surface area contributed by atoms with Crippen LogP contribution in [0.15, 0.2) is 36.4 Å². The zero-order valence-electron chi connectivity index (χ0n) is 17.8. The Morgan fingerprint density at radius 3 is 2.03 bits per heavy atom. The summed E-state index contributed by atoms with van der Waals surface area (Å²) in [6.45, 7) is 2.62. The number of rotatable bonds is 15. The number of hydrogen-bond acceptors (Lipinski definition) is 9. The van der Waals surface area contributed by atoms with E-state index < -0.39 is 17.8 Å². The Kier molecular flexibility index (Phi) is 10.9. The van der Waals surface area contributed by atoms with Crippen molar-refractivity contribution in [3.63, 3.8) is 0 Å². The second-order valence-corrected chi connectivity index (χ2v) is 6.45. The van der Waals surface area contributed by atoms with Crippen LogP contribution in [0.3, 0.4) is 0 Å². The molecule has 0 spiro atoms. The molecule has 0 aliphatic heterocycles. The molecule has 0 aliphatic rings. The first-order valence-corrected chi connectivity index (χ1v) is 9.80. The normalized spacial score (nSPS) is 12.0. The maximum atomic E-state index is 9.84. The van der Waals surface area contributed by atoms with Gasteiger partial charge in [-0.2, -0.15) is 0 Å². The number of methoxy groups -OCH3 is 2. The minimum atomic E-state index is -1.23. The molecular weight excluding hydrogens is 408 g/mol. The Bertz CT molecular complexity index is 764. The van der Waals surface area contributed by atoms with Crippen LogP contribution in [0, 0.1) is 0 Å². The third-order valence-electron chi connectivity index (χ3n) is 4.24. The molecule has 31 heavy (non-hydrogen) atoms. The van der Waals surface area contributed by atoms with Crippen molar-refractivity contribution in [2.24, 2.45) is 0 Å². The first kappa shape index (κ1) is 24.7. The Balaban J connectivity index is 1.51. The van der Waals surface area contributed by atoms with E-state index in [1.165, 1.54) is 19.2 Å². The van der Waals surface area contributed by atoms with E-state index >= 15 is 0 Å². The lowest BCUT2D eigenvalue weighted by molar-refractivity contribution is -0.0771. The van der Waals surface area contributed by atoms with Crippen molar-refractivity contribution in [1.82, 2.24) is 0 Å². The Labute approximate surface area is 181 Å². The highest BCUT2D eigenvalue weighted by molar-refractivity contribution is 5.52. The van der Waals surface area contributed by atoms with Gasteiger partial charge < -0.3 is 43.7 Å². The summed E-state index contributed by atoms with van der Waals surface area (Å²) < 4.78 is 31.7. The molecule has 2 rings (SSSR count). The monoisotopic (exact) mass is 438 g/mol. The Morgan fingerprint density at radius 2 is 1.42 bits per heavy atom. The summed E-state index contributed by atoms with van der Waals surface area (Å²) in [5.74, 6) is 0.0166. The predicted octanol–water partition coefficient (Wildman–Crippen LogP) is 2.37. The molecule has 0 fully saturated rings. The number of aliphatic hydroxyl groups excluding tert-OH is 1. The Hall–Kier alpha value is -2.56. The van der Waals surface area contributed by atoms with Gasteiger partial charge in [0.15, 0.2) is 17.8 Å². The average Bonchev–Trinajstić information content (AvgIpc) is 2.79. The number of hydrogen-bond donors (Lipinski definition) is 3. The summed E-state index contributed by atoms with van der Waals surface area (Å²) in [6.07, 6.45) is -1.23. The van der Waals surface area contributed by atoms with Crippen molar-refractivity contribution in [2.45, 2.75) is 12.9 Å². The molecule has 0 bridgehead atoms. The average molecular weight is 438 g/mol. The van der Waals surface area contributed by atoms with Gasteiger partial charge in [0.1, 0.15) is 12.4 Å². The number of benzene rings is 2. The number of ether oxygens (including phenoxy) is 6. The van der Waals surface area contributed by atoms with Gasteiger partial charge in [-0.1, -0.05) is 12.1 Å². The molecule has 3 N–H and O–H groups in total. The van der Waals surface area contributed by atoms with E-state index in [0.717, 1.165) is 11.3 Å². The van der Waals surface area contributed by atoms with E-state index in [9.17, 15) is 15.3 Å². The van der Waals surface area contributed by atoms with Gasteiger partial charge >= 0.3 is 0 Å². The maximum absolute atomic E-state index is 9.84. The highest BCUT2D eigenvalue weighted by Gasteiger charge is 2.15. The highest BCUT2D eigenvalue weighted by Crippen LogP contribution is 2.38. The molecule has 2 aromatic carbocycles. The summed E-state index contributed by atoms with van der Waals surface area (Å²) in [4.78, 5) is 0. The van der Waals surface area contributed by atoms with Crippen LogP contribution >= 0.6 is 0 Å². The van der Waals surface area contributed by atoms with Crippen LogP contribution in [0.25, 0.3) is 0 Å². The van der Waals surface area contributed by atoms with Crippen molar-refractivity contribution >= 4 is 0 Å². The van der Waals surface area contributed by atoms with Gasteiger partial charge in [-0.3, -0.25) is 0 Å². The molecule has 1 unspecified atom stereocenters. The number of aromatic hydroxyl groups is 2. The molecule has 0 radical (unpaired) electrons. The lowest BCUT2D eigenvalue weighted by atomic mass is 10.1. The van der Waals surface area contributed by atoms with E-state index in [2.05, 4.69) is 0 Å². The number of phenolic OH excluding ortho intramolecular Hbond substituents is 2. The molecule has 172 valence electrons. The summed E-state index contributed by atoms with van der Waals surface area (Å²) in [5, 5.41) is 29.2. The molecule has 2 aromatic rings. The van der Waals surface area contributed by atoms with Crippen LogP contribution in [-0.4, -0.2) is 69.2 Å². The van der Waals surface area contributed by atoms with Crippen molar-refractivity contribution < 1.29 is 43.7 Å². The SMILES string of the molecule is COc1ccc(COCCOCCOCCOc2cc(C(O)OC)cc(O)c2O)cc1. The van der Waals surface area contributed by atoms with Gasteiger partial charge in [0.25, 0.3) is 0 Å². The zero-order valence-corrected chi connectivity index (χ0v) is 17.8. The van der Waals surface area contributed by atoms with Crippen LogP contribution in [-0.2, 0) is 25.6 Å². The second-order valence-electron chi connectivity index (χ2n) is 6.45. The van der Waals surface area contributed by atoms with Crippen LogP contribution in [0.5, 0.6) is 23.0 Å². The maximum Gasteiger partial charge on any atom is 0.200 e. The lowest BCUT2D eigenvalue weighted by Crippen LogP contribution is -2.13. The predicted molar refractivity (Wildman–Crippen MR) is 112 cm³/mol. The van der Waals surface area contributed by atoms with Gasteiger partial charge in [-0.15, -0.1) is 0 Å². The topological polar surface area (TPSA) is 116 Å². The molecular formula is C22H30O9. The van der Waals surface area contributed by atoms with E-state index in [1.54, 1.807) is 7.11 Å².